The molecule has 3 N–H and O–H groups in total. The first kappa shape index (κ1) is 10.0. The summed E-state index contributed by atoms with van der Waals surface area (Å²) in [5.41, 5.74) is 2.79. The van der Waals surface area contributed by atoms with E-state index in [-0.39, 0.29) is 10.6 Å². The molecule has 13 heavy (non-hydrogen) atoms. The lowest BCUT2D eigenvalue weighted by molar-refractivity contribution is 0.597. The second-order valence-corrected chi connectivity index (χ2v) is 4.79. The zero-order chi connectivity index (χ0) is 9.90. The smallest absolute Gasteiger partial charge is 0.180 e. The number of nitrogens with two attached hydrogens (primary N) is 1. The number of anilines is 1. The van der Waals surface area contributed by atoms with Gasteiger partial charge in [0.05, 0.1) is 16.3 Å². The first-order valence-corrected chi connectivity index (χ1v) is 5.55. The lowest BCUT2D eigenvalue weighted by Gasteiger charge is -2.07. The normalized spacial score (nSPS) is 11.2. The molecule has 0 aliphatic carbocycles. The van der Waals surface area contributed by atoms with Crippen molar-refractivity contribution >= 4 is 15.5 Å². The minimum atomic E-state index is -3.18. The van der Waals surface area contributed by atoms with Gasteiger partial charge in [-0.05, 0) is 12.1 Å². The van der Waals surface area contributed by atoms with Crippen molar-refractivity contribution in [2.75, 3.05) is 11.2 Å². The highest BCUT2D eigenvalue weighted by molar-refractivity contribution is 7.91. The summed E-state index contributed by atoms with van der Waals surface area (Å²) in [5, 5.41) is 0. The Hall–Kier alpha value is -1.07. The number of hydrazine groups is 1. The Morgan fingerprint density at radius 3 is 2.54 bits per heavy atom. The fraction of sp³-hybridized carbons (Fsp3) is 0.250. The van der Waals surface area contributed by atoms with Gasteiger partial charge in [0.2, 0.25) is 0 Å². The molecule has 1 aromatic rings. The second-order valence-electron chi connectivity index (χ2n) is 2.54. The van der Waals surface area contributed by atoms with Crippen LogP contribution in [0.4, 0.5) is 5.69 Å². The van der Waals surface area contributed by atoms with Crippen LogP contribution in [0.3, 0.4) is 0 Å². The van der Waals surface area contributed by atoms with Crippen LogP contribution in [0.2, 0.25) is 0 Å². The van der Waals surface area contributed by atoms with Crippen LogP contribution in [0.25, 0.3) is 0 Å². The maximum atomic E-state index is 11.5. The fourth-order valence-electron chi connectivity index (χ4n) is 1.01. The van der Waals surface area contributed by atoms with E-state index in [1.807, 2.05) is 0 Å². The molecule has 0 bridgehead atoms. The molecule has 1 rings (SSSR count). The Morgan fingerprint density at radius 2 is 2.00 bits per heavy atom. The summed E-state index contributed by atoms with van der Waals surface area (Å²) in [6.45, 7) is 1.60. The van der Waals surface area contributed by atoms with E-state index in [2.05, 4.69) is 5.43 Å². The first-order chi connectivity index (χ1) is 6.11. The molecule has 0 spiro atoms. The summed E-state index contributed by atoms with van der Waals surface area (Å²) in [6.07, 6.45) is 0. The van der Waals surface area contributed by atoms with Gasteiger partial charge in [-0.25, -0.2) is 8.42 Å². The highest BCUT2D eigenvalue weighted by Gasteiger charge is 2.14. The Bertz CT molecular complexity index is 387. The van der Waals surface area contributed by atoms with E-state index in [1.54, 1.807) is 25.1 Å². The third kappa shape index (κ3) is 1.99. The minimum absolute atomic E-state index is 0.0751. The molecule has 0 heterocycles. The summed E-state index contributed by atoms with van der Waals surface area (Å²) in [5.74, 6) is 5.26. The van der Waals surface area contributed by atoms with Crippen molar-refractivity contribution in [1.29, 1.82) is 0 Å². The zero-order valence-electron chi connectivity index (χ0n) is 7.32. The van der Waals surface area contributed by atoms with Crippen LogP contribution in [0, 0.1) is 0 Å². The van der Waals surface area contributed by atoms with Crippen molar-refractivity contribution in [3.63, 3.8) is 0 Å². The number of rotatable bonds is 3. The Morgan fingerprint density at radius 1 is 1.38 bits per heavy atom. The Labute approximate surface area is 77.6 Å². The van der Waals surface area contributed by atoms with Gasteiger partial charge < -0.3 is 5.43 Å². The third-order valence-corrected chi connectivity index (χ3v) is 3.54. The number of sulfone groups is 1. The molecule has 0 aliphatic rings. The van der Waals surface area contributed by atoms with Crippen molar-refractivity contribution in [3.8, 4) is 0 Å². The molecule has 0 saturated heterocycles. The van der Waals surface area contributed by atoms with Gasteiger partial charge in [0.15, 0.2) is 9.84 Å². The van der Waals surface area contributed by atoms with Gasteiger partial charge >= 0.3 is 0 Å². The number of nitrogens with one attached hydrogen (secondary N) is 1. The molecule has 0 aliphatic heterocycles. The largest absolute Gasteiger partial charge is 0.323 e. The molecular weight excluding hydrogens is 188 g/mol. The van der Waals surface area contributed by atoms with Gasteiger partial charge in [-0.2, -0.15) is 0 Å². The van der Waals surface area contributed by atoms with Gasteiger partial charge in [-0.1, -0.05) is 19.1 Å². The number of hydrogen-bond donors (Lipinski definition) is 2. The van der Waals surface area contributed by atoms with E-state index in [0.29, 0.717) is 5.69 Å². The van der Waals surface area contributed by atoms with Crippen molar-refractivity contribution < 1.29 is 8.42 Å². The lowest BCUT2D eigenvalue weighted by atomic mass is 10.3. The van der Waals surface area contributed by atoms with Crippen LogP contribution in [0.15, 0.2) is 29.2 Å². The molecule has 0 amide bonds. The van der Waals surface area contributed by atoms with Crippen LogP contribution in [0.5, 0.6) is 0 Å². The van der Waals surface area contributed by atoms with Crippen LogP contribution in [-0.2, 0) is 9.84 Å². The summed E-state index contributed by atoms with van der Waals surface area (Å²) < 4.78 is 23.0. The first-order valence-electron chi connectivity index (χ1n) is 3.90. The molecule has 5 heteroatoms. The van der Waals surface area contributed by atoms with E-state index in [1.165, 1.54) is 6.07 Å². The highest BCUT2D eigenvalue weighted by Crippen LogP contribution is 2.20. The average molecular weight is 200 g/mol. The van der Waals surface area contributed by atoms with Gasteiger partial charge in [0.25, 0.3) is 0 Å². The van der Waals surface area contributed by atoms with Crippen molar-refractivity contribution in [2.24, 2.45) is 5.84 Å². The van der Waals surface area contributed by atoms with Gasteiger partial charge in [0.1, 0.15) is 0 Å². The summed E-state index contributed by atoms with van der Waals surface area (Å²) in [4.78, 5) is 0.250. The van der Waals surface area contributed by atoms with E-state index < -0.39 is 9.84 Å². The topological polar surface area (TPSA) is 72.2 Å². The molecule has 4 nitrogen and oxygen atoms in total. The van der Waals surface area contributed by atoms with Crippen molar-refractivity contribution in [2.45, 2.75) is 11.8 Å². The van der Waals surface area contributed by atoms with E-state index in [9.17, 15) is 8.42 Å². The molecule has 0 saturated carbocycles. The van der Waals surface area contributed by atoms with E-state index in [4.69, 9.17) is 5.84 Å². The minimum Gasteiger partial charge on any atom is -0.323 e. The summed E-state index contributed by atoms with van der Waals surface area (Å²) >= 11 is 0. The maximum Gasteiger partial charge on any atom is 0.180 e. The molecule has 0 aromatic heterocycles. The van der Waals surface area contributed by atoms with Gasteiger partial charge in [-0.3, -0.25) is 5.84 Å². The molecule has 0 unspecified atom stereocenters. The Kier molecular flexibility index (Phi) is 2.90. The molecule has 0 radical (unpaired) electrons. The van der Waals surface area contributed by atoms with Gasteiger partial charge in [0, 0.05) is 0 Å². The zero-order valence-corrected chi connectivity index (χ0v) is 8.14. The molecule has 72 valence electrons. The predicted molar refractivity (Wildman–Crippen MR) is 52.0 cm³/mol. The fourth-order valence-corrected chi connectivity index (χ4v) is 2.07. The highest BCUT2D eigenvalue weighted by atomic mass is 32.2. The molecule has 1 aromatic carbocycles. The van der Waals surface area contributed by atoms with Crippen LogP contribution in [0.1, 0.15) is 6.92 Å². The quantitative estimate of drug-likeness (QED) is 0.558. The second kappa shape index (κ2) is 3.76. The standard InChI is InChI=1S/C8H12N2O2S/c1-2-13(11,12)8-6-4-3-5-7(8)10-9/h3-6,10H,2,9H2,1H3. The number of hydrogen-bond acceptors (Lipinski definition) is 4. The monoisotopic (exact) mass is 200 g/mol. The van der Waals surface area contributed by atoms with Gasteiger partial charge in [-0.15, -0.1) is 0 Å². The predicted octanol–water partition coefficient (Wildman–Crippen LogP) is 0.766. The third-order valence-electron chi connectivity index (χ3n) is 1.76. The van der Waals surface area contributed by atoms with Crippen molar-refractivity contribution in [3.05, 3.63) is 24.3 Å². The number of nitrogen functional groups attached to an aromatic ring is 1. The van der Waals surface area contributed by atoms with Crippen molar-refractivity contribution in [1.82, 2.24) is 0 Å². The molecule has 0 atom stereocenters. The SMILES string of the molecule is CCS(=O)(=O)c1ccccc1NN. The number of benzene rings is 1. The molecular formula is C8H12N2O2S. The van der Waals surface area contributed by atoms with E-state index in [0.717, 1.165) is 0 Å². The molecule has 0 fully saturated rings. The Balaban J connectivity index is 3.29. The maximum absolute atomic E-state index is 11.5. The lowest BCUT2D eigenvalue weighted by Crippen LogP contribution is -2.13. The summed E-state index contributed by atoms with van der Waals surface area (Å²) in [6, 6.07) is 6.56. The van der Waals surface area contributed by atoms with Crippen LogP contribution >= 0.6 is 0 Å². The number of para-hydroxylation sites is 1. The van der Waals surface area contributed by atoms with Crippen LogP contribution in [-0.4, -0.2) is 14.2 Å². The van der Waals surface area contributed by atoms with E-state index >= 15 is 0 Å². The van der Waals surface area contributed by atoms with Crippen LogP contribution < -0.4 is 11.3 Å². The average Bonchev–Trinajstić information content (AvgIpc) is 2.18. The summed E-state index contributed by atoms with van der Waals surface area (Å²) in [7, 11) is -3.18.